The Morgan fingerprint density at radius 1 is 1.60 bits per heavy atom. The number of rotatable bonds is 2. The summed E-state index contributed by atoms with van der Waals surface area (Å²) in [5, 5.41) is 0. The van der Waals surface area contributed by atoms with Crippen molar-refractivity contribution in [2.75, 3.05) is 6.54 Å². The van der Waals surface area contributed by atoms with Gasteiger partial charge in [0.25, 0.3) is 0 Å². The monoisotopic (exact) mass is 139 g/mol. The zero-order valence-electron chi connectivity index (χ0n) is 6.46. The van der Waals surface area contributed by atoms with Crippen LogP contribution in [0.2, 0.25) is 0 Å². The first-order valence-electron chi connectivity index (χ1n) is 3.44. The molecule has 0 saturated heterocycles. The van der Waals surface area contributed by atoms with Crippen molar-refractivity contribution in [1.29, 1.82) is 0 Å². The third-order valence-corrected chi connectivity index (χ3v) is 1.72. The lowest BCUT2D eigenvalue weighted by Gasteiger charge is -2.00. The summed E-state index contributed by atoms with van der Waals surface area (Å²) >= 11 is 0. The van der Waals surface area contributed by atoms with Gasteiger partial charge in [-0.05, 0) is 13.8 Å². The Balaban J connectivity index is 2.83. The van der Waals surface area contributed by atoms with Crippen molar-refractivity contribution in [3.05, 3.63) is 17.7 Å². The molecule has 0 aliphatic carbocycles. The van der Waals surface area contributed by atoms with Crippen LogP contribution in [0.3, 0.4) is 0 Å². The highest BCUT2D eigenvalue weighted by molar-refractivity contribution is 5.08. The molecule has 3 nitrogen and oxygen atoms in total. The van der Waals surface area contributed by atoms with Gasteiger partial charge in [-0.3, -0.25) is 0 Å². The summed E-state index contributed by atoms with van der Waals surface area (Å²) in [7, 11) is 0. The molecule has 0 saturated carbocycles. The Hall–Kier alpha value is -0.830. The van der Waals surface area contributed by atoms with E-state index in [0.29, 0.717) is 6.54 Å². The van der Waals surface area contributed by atoms with E-state index in [-0.39, 0.29) is 0 Å². The lowest BCUT2D eigenvalue weighted by Crippen LogP contribution is -2.09. The van der Waals surface area contributed by atoms with Gasteiger partial charge in [-0.15, -0.1) is 0 Å². The first kappa shape index (κ1) is 7.28. The van der Waals surface area contributed by atoms with Crippen LogP contribution in [-0.4, -0.2) is 16.1 Å². The first-order valence-corrected chi connectivity index (χ1v) is 3.44. The topological polar surface area (TPSA) is 43.8 Å². The molecule has 0 radical (unpaired) electrons. The molecule has 1 rings (SSSR count). The summed E-state index contributed by atoms with van der Waals surface area (Å²) in [6.45, 7) is 5.60. The number of hydrogen-bond acceptors (Lipinski definition) is 2. The fraction of sp³-hybridized carbons (Fsp3) is 0.571. The van der Waals surface area contributed by atoms with E-state index in [4.69, 9.17) is 5.73 Å². The van der Waals surface area contributed by atoms with Crippen LogP contribution >= 0.6 is 0 Å². The highest BCUT2D eigenvalue weighted by atomic mass is 15.1. The van der Waals surface area contributed by atoms with E-state index in [2.05, 4.69) is 16.5 Å². The summed E-state index contributed by atoms with van der Waals surface area (Å²) in [5.41, 5.74) is 7.69. The van der Waals surface area contributed by atoms with E-state index in [0.717, 1.165) is 12.2 Å². The normalized spacial score (nSPS) is 10.3. The van der Waals surface area contributed by atoms with Crippen LogP contribution in [0.1, 0.15) is 11.4 Å². The van der Waals surface area contributed by atoms with E-state index >= 15 is 0 Å². The maximum atomic E-state index is 5.39. The molecule has 0 aliphatic heterocycles. The number of nitrogens with zero attached hydrogens (tertiary/aromatic N) is 2. The van der Waals surface area contributed by atoms with Gasteiger partial charge in [0, 0.05) is 18.8 Å². The van der Waals surface area contributed by atoms with Crippen LogP contribution in [-0.2, 0) is 6.54 Å². The molecule has 0 spiro atoms. The third-order valence-electron chi connectivity index (χ3n) is 1.72. The second-order valence-corrected chi connectivity index (χ2v) is 2.40. The molecule has 1 aromatic heterocycles. The van der Waals surface area contributed by atoms with Crippen LogP contribution in [0.25, 0.3) is 0 Å². The zero-order valence-corrected chi connectivity index (χ0v) is 6.46. The summed E-state index contributed by atoms with van der Waals surface area (Å²) in [6, 6.07) is 0. The third kappa shape index (κ3) is 1.19. The van der Waals surface area contributed by atoms with Gasteiger partial charge >= 0.3 is 0 Å². The summed E-state index contributed by atoms with van der Waals surface area (Å²) in [6.07, 6.45) is 1.83. The highest BCUT2D eigenvalue weighted by Gasteiger charge is 1.98. The Morgan fingerprint density at radius 3 is 2.70 bits per heavy atom. The first-order chi connectivity index (χ1) is 4.75. The van der Waals surface area contributed by atoms with Gasteiger partial charge in [-0.2, -0.15) is 0 Å². The minimum absolute atomic E-state index is 0.677. The molecule has 0 bridgehead atoms. The molecule has 0 unspecified atom stereocenters. The zero-order chi connectivity index (χ0) is 7.56. The predicted molar refractivity (Wildman–Crippen MR) is 40.8 cm³/mol. The van der Waals surface area contributed by atoms with Crippen molar-refractivity contribution in [2.24, 2.45) is 5.73 Å². The van der Waals surface area contributed by atoms with E-state index < -0.39 is 0 Å². The molecule has 10 heavy (non-hydrogen) atoms. The van der Waals surface area contributed by atoms with Crippen molar-refractivity contribution in [1.82, 2.24) is 9.55 Å². The van der Waals surface area contributed by atoms with Crippen molar-refractivity contribution >= 4 is 0 Å². The van der Waals surface area contributed by atoms with Crippen LogP contribution < -0.4 is 5.73 Å². The average Bonchev–Trinajstić information content (AvgIpc) is 2.20. The van der Waals surface area contributed by atoms with Crippen LogP contribution in [0, 0.1) is 13.8 Å². The summed E-state index contributed by atoms with van der Waals surface area (Å²) in [4.78, 5) is 4.14. The number of imidazole rings is 1. The van der Waals surface area contributed by atoms with Gasteiger partial charge in [-0.25, -0.2) is 4.98 Å². The molecule has 1 aromatic rings. The molecule has 0 aliphatic rings. The molecule has 0 fully saturated rings. The number of aryl methyl sites for hydroxylation is 1. The minimum atomic E-state index is 0.677. The predicted octanol–water partition coefficient (Wildman–Crippen LogP) is 0.459. The van der Waals surface area contributed by atoms with Crippen molar-refractivity contribution in [3.63, 3.8) is 0 Å². The second-order valence-electron chi connectivity index (χ2n) is 2.40. The lowest BCUT2D eigenvalue weighted by molar-refractivity contribution is 0.688. The SMILES string of the molecule is Cc1ncn(CCN)c1C. The smallest absolute Gasteiger partial charge is 0.0951 e. The van der Waals surface area contributed by atoms with Crippen molar-refractivity contribution in [3.8, 4) is 0 Å². The standard InChI is InChI=1S/C7H13N3/c1-6-7(2)10(4-3-8)5-9-6/h5H,3-4,8H2,1-2H3. The number of hydrogen-bond donors (Lipinski definition) is 1. The van der Waals surface area contributed by atoms with E-state index in [1.54, 1.807) is 0 Å². The molecule has 1 heterocycles. The molecule has 0 amide bonds. The van der Waals surface area contributed by atoms with Crippen molar-refractivity contribution in [2.45, 2.75) is 20.4 Å². The Kier molecular flexibility index (Phi) is 2.06. The van der Waals surface area contributed by atoms with E-state index in [1.165, 1.54) is 5.69 Å². The van der Waals surface area contributed by atoms with Gasteiger partial charge < -0.3 is 10.3 Å². The van der Waals surface area contributed by atoms with Gasteiger partial charge in [0.2, 0.25) is 0 Å². The summed E-state index contributed by atoms with van der Waals surface area (Å²) < 4.78 is 2.06. The lowest BCUT2D eigenvalue weighted by atomic mass is 10.4. The molecule has 2 N–H and O–H groups in total. The van der Waals surface area contributed by atoms with E-state index in [1.807, 2.05) is 13.3 Å². The van der Waals surface area contributed by atoms with Gasteiger partial charge in [0.15, 0.2) is 0 Å². The van der Waals surface area contributed by atoms with Crippen molar-refractivity contribution < 1.29 is 0 Å². The fourth-order valence-electron chi connectivity index (χ4n) is 0.909. The van der Waals surface area contributed by atoms with Crippen LogP contribution in [0.5, 0.6) is 0 Å². The van der Waals surface area contributed by atoms with Gasteiger partial charge in [-0.1, -0.05) is 0 Å². The molecule has 0 aromatic carbocycles. The highest BCUT2D eigenvalue weighted by Crippen LogP contribution is 2.02. The quantitative estimate of drug-likeness (QED) is 0.646. The maximum Gasteiger partial charge on any atom is 0.0951 e. The molecule has 0 atom stereocenters. The van der Waals surface area contributed by atoms with Gasteiger partial charge in [0.1, 0.15) is 0 Å². The van der Waals surface area contributed by atoms with Crippen LogP contribution in [0.15, 0.2) is 6.33 Å². The van der Waals surface area contributed by atoms with E-state index in [9.17, 15) is 0 Å². The Labute approximate surface area is 60.9 Å². The Morgan fingerprint density at radius 2 is 2.30 bits per heavy atom. The number of aromatic nitrogens is 2. The Bertz CT molecular complexity index is 215. The molecular formula is C7H13N3. The largest absolute Gasteiger partial charge is 0.333 e. The maximum absolute atomic E-state index is 5.39. The van der Waals surface area contributed by atoms with Crippen LogP contribution in [0.4, 0.5) is 0 Å². The fourth-order valence-corrected chi connectivity index (χ4v) is 0.909. The molecule has 56 valence electrons. The second kappa shape index (κ2) is 2.84. The molecule has 3 heteroatoms. The minimum Gasteiger partial charge on any atom is -0.333 e. The summed E-state index contributed by atoms with van der Waals surface area (Å²) in [5.74, 6) is 0. The number of nitrogens with two attached hydrogens (primary N) is 1. The molecular weight excluding hydrogens is 126 g/mol. The van der Waals surface area contributed by atoms with Gasteiger partial charge in [0.05, 0.1) is 12.0 Å². The average molecular weight is 139 g/mol.